The molecule has 0 atom stereocenters. The predicted octanol–water partition coefficient (Wildman–Crippen LogP) is 2.11. The Kier molecular flexibility index (Phi) is 7.26. The number of nitrogens with two attached hydrogens (primary N) is 1. The highest BCUT2D eigenvalue weighted by Gasteiger charge is 2.07. The molecule has 5 heteroatoms. The van der Waals surface area contributed by atoms with E-state index in [0.29, 0.717) is 0 Å². The molecule has 0 fully saturated rings. The minimum absolute atomic E-state index is 0.955. The topological polar surface area (TPSA) is 101 Å². The van der Waals surface area contributed by atoms with Gasteiger partial charge in [0.25, 0.3) is 0 Å². The second kappa shape index (κ2) is 8.13. The van der Waals surface area contributed by atoms with Gasteiger partial charge in [0.15, 0.2) is 0 Å². The number of carboxylic acid groups (broad SMARTS) is 2. The van der Waals surface area contributed by atoms with Gasteiger partial charge in [-0.2, -0.15) is 0 Å². The number of rotatable bonds is 3. The summed E-state index contributed by atoms with van der Waals surface area (Å²) < 4.78 is 0. The molecule has 0 spiro atoms. The summed E-state index contributed by atoms with van der Waals surface area (Å²) in [5.74, 6) is -3.65. The molecule has 0 saturated carbocycles. The van der Waals surface area contributed by atoms with Crippen molar-refractivity contribution in [3.8, 4) is 0 Å². The number of nitrogen functional groups attached to an aromatic ring is 1. The summed E-state index contributed by atoms with van der Waals surface area (Å²) in [6.07, 6.45) is 3.25. The van der Waals surface area contributed by atoms with Crippen molar-refractivity contribution in [1.29, 1.82) is 0 Å². The summed E-state index contributed by atoms with van der Waals surface area (Å²) >= 11 is 0. The van der Waals surface area contributed by atoms with Crippen LogP contribution in [0, 0.1) is 0 Å². The molecule has 0 unspecified atom stereocenters. The third kappa shape index (κ3) is 4.99. The van der Waals surface area contributed by atoms with E-state index in [1.807, 2.05) is 6.07 Å². The van der Waals surface area contributed by atoms with Crippen molar-refractivity contribution in [3.05, 3.63) is 28.8 Å². The van der Waals surface area contributed by atoms with Gasteiger partial charge in [0.1, 0.15) is 0 Å². The van der Waals surface area contributed by atoms with Crippen LogP contribution in [0.4, 0.5) is 5.69 Å². The Bertz CT molecular complexity index is 443. The third-order valence-corrected chi connectivity index (χ3v) is 2.84. The van der Waals surface area contributed by atoms with Crippen LogP contribution in [-0.2, 0) is 28.9 Å². The number of aryl methyl sites for hydroxylation is 1. The Balaban J connectivity index is 0.000000459. The van der Waals surface area contributed by atoms with Crippen LogP contribution in [0.5, 0.6) is 0 Å². The first kappa shape index (κ1) is 17.0. The summed E-state index contributed by atoms with van der Waals surface area (Å²) in [4.78, 5) is 18.2. The fraction of sp³-hybridized carbons (Fsp3) is 0.429. The highest BCUT2D eigenvalue weighted by molar-refractivity contribution is 6.27. The summed E-state index contributed by atoms with van der Waals surface area (Å²) in [5, 5.41) is 14.8. The summed E-state index contributed by atoms with van der Waals surface area (Å²) in [6.45, 7) is 6.57. The zero-order valence-electron chi connectivity index (χ0n) is 11.6. The van der Waals surface area contributed by atoms with E-state index in [-0.39, 0.29) is 0 Å². The first-order valence-corrected chi connectivity index (χ1v) is 6.24. The molecule has 1 aromatic carbocycles. The van der Waals surface area contributed by atoms with Crippen LogP contribution < -0.4 is 5.73 Å². The van der Waals surface area contributed by atoms with Crippen molar-refractivity contribution in [2.24, 2.45) is 0 Å². The maximum Gasteiger partial charge on any atom is 0.414 e. The normalized spacial score (nSPS) is 9.42. The number of benzene rings is 1. The van der Waals surface area contributed by atoms with Gasteiger partial charge in [0.2, 0.25) is 0 Å². The monoisotopic (exact) mass is 267 g/mol. The molecule has 0 aliphatic heterocycles. The van der Waals surface area contributed by atoms with Crippen LogP contribution in [0.25, 0.3) is 0 Å². The molecule has 0 heterocycles. The maximum atomic E-state index is 9.10. The van der Waals surface area contributed by atoms with E-state index in [2.05, 4.69) is 26.8 Å². The van der Waals surface area contributed by atoms with Crippen molar-refractivity contribution in [2.75, 3.05) is 5.73 Å². The molecule has 4 N–H and O–H groups in total. The lowest BCUT2D eigenvalue weighted by molar-refractivity contribution is -0.159. The first-order chi connectivity index (χ1) is 8.88. The minimum atomic E-state index is -1.82. The second-order valence-electron chi connectivity index (χ2n) is 3.94. The van der Waals surface area contributed by atoms with Gasteiger partial charge in [-0.3, -0.25) is 0 Å². The van der Waals surface area contributed by atoms with Gasteiger partial charge in [0.05, 0.1) is 0 Å². The number of aliphatic carboxylic acids is 2. The van der Waals surface area contributed by atoms with E-state index in [1.165, 1.54) is 16.7 Å². The molecule has 0 aromatic heterocycles. The van der Waals surface area contributed by atoms with E-state index in [4.69, 9.17) is 25.5 Å². The number of hydrogen-bond acceptors (Lipinski definition) is 3. The molecule has 0 amide bonds. The Morgan fingerprint density at radius 1 is 0.947 bits per heavy atom. The predicted molar refractivity (Wildman–Crippen MR) is 74.3 cm³/mol. The lowest BCUT2D eigenvalue weighted by Gasteiger charge is -2.13. The summed E-state index contributed by atoms with van der Waals surface area (Å²) in [6, 6.07) is 4.20. The molecule has 1 aromatic rings. The van der Waals surface area contributed by atoms with Crippen LogP contribution in [0.3, 0.4) is 0 Å². The van der Waals surface area contributed by atoms with Gasteiger partial charge in [0, 0.05) is 5.69 Å². The minimum Gasteiger partial charge on any atom is -0.473 e. The Labute approximate surface area is 113 Å². The van der Waals surface area contributed by atoms with Crippen LogP contribution in [0.1, 0.15) is 37.5 Å². The molecule has 0 saturated heterocycles. The highest BCUT2D eigenvalue weighted by Crippen LogP contribution is 2.22. The standard InChI is InChI=1S/C12H19N.C2H2O4/c1-4-9-7-8-12(13)11(6-3)10(9)5-2;3-1(4)2(5)6/h7-8H,4-6,13H2,1-3H3;(H,3,4)(H,5,6). The van der Waals surface area contributed by atoms with Crippen LogP contribution in [0.15, 0.2) is 12.1 Å². The second-order valence-corrected chi connectivity index (χ2v) is 3.94. The highest BCUT2D eigenvalue weighted by atomic mass is 16.4. The molecule has 19 heavy (non-hydrogen) atoms. The largest absolute Gasteiger partial charge is 0.473 e. The van der Waals surface area contributed by atoms with Crippen LogP contribution in [0.2, 0.25) is 0 Å². The lowest BCUT2D eigenvalue weighted by atomic mass is 9.94. The Morgan fingerprint density at radius 3 is 1.74 bits per heavy atom. The van der Waals surface area contributed by atoms with Crippen molar-refractivity contribution in [2.45, 2.75) is 40.0 Å². The molecule has 0 aliphatic rings. The van der Waals surface area contributed by atoms with Gasteiger partial charge in [-0.25, -0.2) is 9.59 Å². The molecule has 5 nitrogen and oxygen atoms in total. The van der Waals surface area contributed by atoms with Crippen molar-refractivity contribution in [1.82, 2.24) is 0 Å². The molecule has 1 rings (SSSR count). The van der Waals surface area contributed by atoms with Gasteiger partial charge in [-0.05, 0) is 42.0 Å². The van der Waals surface area contributed by atoms with Gasteiger partial charge in [-0.15, -0.1) is 0 Å². The van der Waals surface area contributed by atoms with Gasteiger partial charge >= 0.3 is 11.9 Å². The number of hydrogen-bond donors (Lipinski definition) is 3. The average Bonchev–Trinajstić information content (AvgIpc) is 2.38. The van der Waals surface area contributed by atoms with Crippen molar-refractivity contribution in [3.63, 3.8) is 0 Å². The molecule has 106 valence electrons. The van der Waals surface area contributed by atoms with Gasteiger partial charge < -0.3 is 15.9 Å². The van der Waals surface area contributed by atoms with Crippen LogP contribution >= 0.6 is 0 Å². The zero-order valence-corrected chi connectivity index (χ0v) is 11.6. The smallest absolute Gasteiger partial charge is 0.414 e. The molecule has 0 aliphatic carbocycles. The first-order valence-electron chi connectivity index (χ1n) is 6.24. The number of carbonyl (C=O) groups is 2. The number of anilines is 1. The average molecular weight is 267 g/mol. The fourth-order valence-electron chi connectivity index (χ4n) is 1.95. The van der Waals surface area contributed by atoms with E-state index in [9.17, 15) is 0 Å². The summed E-state index contributed by atoms with van der Waals surface area (Å²) in [5.41, 5.74) is 11.2. The summed E-state index contributed by atoms with van der Waals surface area (Å²) in [7, 11) is 0. The van der Waals surface area contributed by atoms with E-state index < -0.39 is 11.9 Å². The molecule has 0 radical (unpaired) electrons. The third-order valence-electron chi connectivity index (χ3n) is 2.84. The van der Waals surface area contributed by atoms with Crippen LogP contribution in [-0.4, -0.2) is 22.2 Å². The number of carboxylic acids is 2. The van der Waals surface area contributed by atoms with E-state index in [0.717, 1.165) is 24.9 Å². The Morgan fingerprint density at radius 2 is 1.42 bits per heavy atom. The lowest BCUT2D eigenvalue weighted by Crippen LogP contribution is -2.09. The SMILES string of the molecule is CCc1ccc(N)c(CC)c1CC.O=C(O)C(=O)O. The van der Waals surface area contributed by atoms with Crippen molar-refractivity contribution >= 4 is 17.6 Å². The molecular formula is C14H21NO4. The quantitative estimate of drug-likeness (QED) is 0.575. The Hall–Kier alpha value is -2.04. The van der Waals surface area contributed by atoms with E-state index >= 15 is 0 Å². The zero-order chi connectivity index (χ0) is 15.0. The fourth-order valence-corrected chi connectivity index (χ4v) is 1.95. The van der Waals surface area contributed by atoms with E-state index in [1.54, 1.807) is 0 Å². The molecular weight excluding hydrogens is 246 g/mol. The van der Waals surface area contributed by atoms with Gasteiger partial charge in [-0.1, -0.05) is 26.8 Å². The maximum absolute atomic E-state index is 9.10. The van der Waals surface area contributed by atoms with Crippen molar-refractivity contribution < 1.29 is 19.8 Å². The molecule has 0 bridgehead atoms.